The van der Waals surface area contributed by atoms with Gasteiger partial charge in [-0.1, -0.05) is 18.2 Å². The fourth-order valence-corrected chi connectivity index (χ4v) is 3.08. The highest BCUT2D eigenvalue weighted by Crippen LogP contribution is 2.23. The second-order valence-electron chi connectivity index (χ2n) is 6.70. The molecule has 4 aromatic rings. The number of nitrogens with one attached hydrogen (secondary N) is 1. The molecule has 0 saturated carbocycles. The first-order valence-electron chi connectivity index (χ1n) is 9.29. The molecule has 0 aliphatic heterocycles. The molecule has 1 N–H and O–H groups in total. The summed E-state index contributed by atoms with van der Waals surface area (Å²) in [5.41, 5.74) is 0.892. The number of aromatic nitrogens is 2. The van der Waals surface area contributed by atoms with Crippen LogP contribution in [0, 0.1) is 12.7 Å². The monoisotopic (exact) mass is 403 g/mol. The maximum atomic E-state index is 13.2. The van der Waals surface area contributed by atoms with Crippen LogP contribution in [0.4, 0.5) is 10.1 Å². The molecule has 0 fully saturated rings. The molecule has 0 radical (unpaired) electrons. The van der Waals surface area contributed by atoms with E-state index in [1.54, 1.807) is 61.5 Å². The van der Waals surface area contributed by atoms with E-state index in [1.807, 2.05) is 6.07 Å². The number of anilines is 1. The summed E-state index contributed by atoms with van der Waals surface area (Å²) in [4.78, 5) is 29.5. The van der Waals surface area contributed by atoms with E-state index in [0.717, 1.165) is 0 Å². The number of carbonyl (C=O) groups excluding carboxylic acids is 1. The minimum atomic E-state index is -0.384. The van der Waals surface area contributed by atoms with E-state index < -0.39 is 0 Å². The minimum Gasteiger partial charge on any atom is -0.457 e. The normalized spacial score (nSPS) is 10.7. The number of nitrogens with zero attached hydrogens (tertiary/aromatic N) is 2. The van der Waals surface area contributed by atoms with Crippen LogP contribution in [-0.4, -0.2) is 15.5 Å². The fourth-order valence-electron chi connectivity index (χ4n) is 3.08. The maximum absolute atomic E-state index is 13.2. The first-order valence-corrected chi connectivity index (χ1v) is 9.29. The SMILES string of the molecule is Cc1nc2ccccc2c(=O)n1CC(=O)Nc1ccc(Oc2cccc(F)c2)cc1. The molecule has 1 heterocycles. The number of fused-ring (bicyclic) bond motifs is 1. The van der Waals surface area contributed by atoms with Gasteiger partial charge in [-0.15, -0.1) is 0 Å². The number of hydrogen-bond donors (Lipinski definition) is 1. The Morgan fingerprint density at radius 2 is 1.80 bits per heavy atom. The molecule has 1 aromatic heterocycles. The Kier molecular flexibility index (Phi) is 5.26. The summed E-state index contributed by atoms with van der Waals surface area (Å²) in [6.45, 7) is 1.55. The van der Waals surface area contributed by atoms with Crippen molar-refractivity contribution in [3.63, 3.8) is 0 Å². The number of carbonyl (C=O) groups is 1. The van der Waals surface area contributed by atoms with Crippen LogP contribution >= 0.6 is 0 Å². The largest absolute Gasteiger partial charge is 0.457 e. The molecule has 0 spiro atoms. The van der Waals surface area contributed by atoms with Gasteiger partial charge in [0, 0.05) is 11.8 Å². The first kappa shape index (κ1) is 19.3. The van der Waals surface area contributed by atoms with Gasteiger partial charge in [0.25, 0.3) is 5.56 Å². The van der Waals surface area contributed by atoms with Crippen molar-refractivity contribution in [1.29, 1.82) is 0 Å². The molecule has 0 aliphatic rings. The summed E-state index contributed by atoms with van der Waals surface area (Å²) in [5.74, 6) is 0.615. The summed E-state index contributed by atoms with van der Waals surface area (Å²) in [7, 11) is 0. The number of benzene rings is 3. The molecular weight excluding hydrogens is 385 g/mol. The lowest BCUT2D eigenvalue weighted by atomic mass is 10.2. The van der Waals surface area contributed by atoms with Crippen molar-refractivity contribution in [3.8, 4) is 11.5 Å². The van der Waals surface area contributed by atoms with Crippen molar-refractivity contribution >= 4 is 22.5 Å². The summed E-state index contributed by atoms with van der Waals surface area (Å²) < 4.78 is 20.2. The lowest BCUT2D eigenvalue weighted by Crippen LogP contribution is -2.30. The third kappa shape index (κ3) is 4.20. The van der Waals surface area contributed by atoms with Crippen LogP contribution in [-0.2, 0) is 11.3 Å². The van der Waals surface area contributed by atoms with E-state index in [0.29, 0.717) is 33.9 Å². The van der Waals surface area contributed by atoms with Gasteiger partial charge < -0.3 is 10.1 Å². The lowest BCUT2D eigenvalue weighted by molar-refractivity contribution is -0.116. The lowest BCUT2D eigenvalue weighted by Gasteiger charge is -2.11. The van der Waals surface area contributed by atoms with Crippen molar-refractivity contribution in [2.45, 2.75) is 13.5 Å². The van der Waals surface area contributed by atoms with E-state index in [9.17, 15) is 14.0 Å². The molecule has 1 amide bonds. The van der Waals surface area contributed by atoms with Crippen molar-refractivity contribution in [3.05, 3.63) is 94.8 Å². The highest BCUT2D eigenvalue weighted by atomic mass is 19.1. The second-order valence-corrected chi connectivity index (χ2v) is 6.70. The standard InChI is InChI=1S/C23H18FN3O3/c1-15-25-21-8-3-2-7-20(21)23(29)27(15)14-22(28)26-17-9-11-18(12-10-17)30-19-6-4-5-16(24)13-19/h2-13H,14H2,1H3,(H,26,28). The number of ether oxygens (including phenoxy) is 1. The Morgan fingerprint density at radius 1 is 1.03 bits per heavy atom. The van der Waals surface area contributed by atoms with Crippen LogP contribution in [0.25, 0.3) is 10.9 Å². The van der Waals surface area contributed by atoms with E-state index >= 15 is 0 Å². The fraction of sp³-hybridized carbons (Fsp3) is 0.0870. The topological polar surface area (TPSA) is 73.2 Å². The summed E-state index contributed by atoms with van der Waals surface area (Å²) in [6.07, 6.45) is 0. The number of amides is 1. The van der Waals surface area contributed by atoms with Gasteiger partial charge in [-0.05, 0) is 55.5 Å². The number of para-hydroxylation sites is 1. The molecule has 6 nitrogen and oxygen atoms in total. The summed E-state index contributed by atoms with van der Waals surface area (Å²) in [6, 6.07) is 19.5. The Labute approximate surface area is 171 Å². The smallest absolute Gasteiger partial charge is 0.261 e. The zero-order valence-corrected chi connectivity index (χ0v) is 16.1. The zero-order chi connectivity index (χ0) is 21.1. The third-order valence-corrected chi connectivity index (χ3v) is 4.52. The van der Waals surface area contributed by atoms with Gasteiger partial charge in [-0.2, -0.15) is 0 Å². The molecule has 3 aromatic carbocycles. The van der Waals surface area contributed by atoms with Gasteiger partial charge in [0.15, 0.2) is 0 Å². The van der Waals surface area contributed by atoms with Crippen LogP contribution in [0.5, 0.6) is 11.5 Å². The Morgan fingerprint density at radius 3 is 2.57 bits per heavy atom. The zero-order valence-electron chi connectivity index (χ0n) is 16.1. The molecule has 0 bridgehead atoms. The Hall–Kier alpha value is -4.00. The number of hydrogen-bond acceptors (Lipinski definition) is 4. The average Bonchev–Trinajstić information content (AvgIpc) is 2.73. The first-order chi connectivity index (χ1) is 14.5. The van der Waals surface area contributed by atoms with Crippen LogP contribution in [0.1, 0.15) is 5.82 Å². The Balaban J connectivity index is 1.46. The summed E-state index contributed by atoms with van der Waals surface area (Å²) in [5, 5.41) is 3.22. The molecule has 4 rings (SSSR count). The molecule has 0 unspecified atom stereocenters. The van der Waals surface area contributed by atoms with Gasteiger partial charge in [0.1, 0.15) is 29.7 Å². The second kappa shape index (κ2) is 8.16. The van der Waals surface area contributed by atoms with Crippen molar-refractivity contribution in [2.75, 3.05) is 5.32 Å². The van der Waals surface area contributed by atoms with Gasteiger partial charge >= 0.3 is 0 Å². The molecule has 0 aliphatic carbocycles. The van der Waals surface area contributed by atoms with E-state index in [2.05, 4.69) is 10.3 Å². The Bertz CT molecular complexity index is 1280. The average molecular weight is 403 g/mol. The number of rotatable bonds is 5. The number of halogens is 1. The van der Waals surface area contributed by atoms with Gasteiger partial charge in [-0.25, -0.2) is 9.37 Å². The molecule has 150 valence electrons. The van der Waals surface area contributed by atoms with Crippen molar-refractivity contribution in [1.82, 2.24) is 9.55 Å². The molecule has 0 atom stereocenters. The number of aryl methyl sites for hydroxylation is 1. The highest BCUT2D eigenvalue weighted by molar-refractivity contribution is 5.90. The third-order valence-electron chi connectivity index (χ3n) is 4.52. The molecule has 0 saturated heterocycles. The van der Waals surface area contributed by atoms with E-state index in [-0.39, 0.29) is 23.8 Å². The minimum absolute atomic E-state index is 0.149. The highest BCUT2D eigenvalue weighted by Gasteiger charge is 2.11. The van der Waals surface area contributed by atoms with Crippen LogP contribution in [0.3, 0.4) is 0 Å². The van der Waals surface area contributed by atoms with Crippen LogP contribution < -0.4 is 15.6 Å². The molecule has 7 heteroatoms. The van der Waals surface area contributed by atoms with Crippen LogP contribution in [0.2, 0.25) is 0 Å². The van der Waals surface area contributed by atoms with E-state index in [1.165, 1.54) is 16.7 Å². The molecular formula is C23H18FN3O3. The van der Waals surface area contributed by atoms with Crippen molar-refractivity contribution in [2.24, 2.45) is 0 Å². The van der Waals surface area contributed by atoms with Gasteiger partial charge in [0.05, 0.1) is 10.9 Å². The van der Waals surface area contributed by atoms with E-state index in [4.69, 9.17) is 4.74 Å². The van der Waals surface area contributed by atoms with Gasteiger partial charge in [0.2, 0.25) is 5.91 Å². The maximum Gasteiger partial charge on any atom is 0.261 e. The predicted octanol–water partition coefficient (Wildman–Crippen LogP) is 4.28. The van der Waals surface area contributed by atoms with Crippen molar-refractivity contribution < 1.29 is 13.9 Å². The van der Waals surface area contributed by atoms with Gasteiger partial charge in [-0.3, -0.25) is 14.2 Å². The molecule has 30 heavy (non-hydrogen) atoms. The van der Waals surface area contributed by atoms with Crippen LogP contribution in [0.15, 0.2) is 77.6 Å². The quantitative estimate of drug-likeness (QED) is 0.540. The predicted molar refractivity (Wildman–Crippen MR) is 112 cm³/mol. The summed E-state index contributed by atoms with van der Waals surface area (Å²) >= 11 is 0.